The summed E-state index contributed by atoms with van der Waals surface area (Å²) in [6.07, 6.45) is 1.18. The fourth-order valence-corrected chi connectivity index (χ4v) is 2.90. The van der Waals surface area contributed by atoms with Gasteiger partial charge in [-0.25, -0.2) is 8.42 Å². The first-order valence-electron chi connectivity index (χ1n) is 4.71. The Balaban J connectivity index is 2.51. The van der Waals surface area contributed by atoms with Crippen molar-refractivity contribution in [1.82, 2.24) is 0 Å². The third kappa shape index (κ3) is 1.72. The van der Waals surface area contributed by atoms with E-state index in [2.05, 4.69) is 0 Å². The van der Waals surface area contributed by atoms with Gasteiger partial charge in [0, 0.05) is 12.5 Å². The number of sulfonamides is 1. The third-order valence-electron chi connectivity index (χ3n) is 2.65. The predicted octanol–water partition coefficient (Wildman–Crippen LogP) is 0.542. The van der Waals surface area contributed by atoms with Gasteiger partial charge in [0.1, 0.15) is 0 Å². The maximum atomic E-state index is 11.5. The molecule has 4 nitrogen and oxygen atoms in total. The first-order valence-corrected chi connectivity index (χ1v) is 6.56. The Bertz CT molecular complexity index is 469. The molecule has 0 saturated carbocycles. The molecule has 82 valence electrons. The summed E-state index contributed by atoms with van der Waals surface area (Å²) in [5, 5.41) is 9.17. The quantitative estimate of drug-likeness (QED) is 0.802. The van der Waals surface area contributed by atoms with E-state index in [-0.39, 0.29) is 12.5 Å². The molecule has 0 aliphatic carbocycles. The summed E-state index contributed by atoms with van der Waals surface area (Å²) < 4.78 is 24.4. The van der Waals surface area contributed by atoms with E-state index in [9.17, 15) is 13.5 Å². The van der Waals surface area contributed by atoms with Crippen LogP contribution >= 0.6 is 0 Å². The standard InChI is InChI=1S/C10H13NO3S/c1-15(13,14)11-6-8(7-12)9-4-2-3-5-10(9)11/h2-5,8,12H,6-7H2,1H3/t8-/m1/s1. The van der Waals surface area contributed by atoms with Crippen LogP contribution in [-0.2, 0) is 10.0 Å². The zero-order chi connectivity index (χ0) is 11.1. The predicted molar refractivity (Wildman–Crippen MR) is 58.5 cm³/mol. The molecule has 15 heavy (non-hydrogen) atoms. The Morgan fingerprint density at radius 1 is 1.47 bits per heavy atom. The van der Waals surface area contributed by atoms with Crippen LogP contribution in [0.15, 0.2) is 24.3 Å². The van der Waals surface area contributed by atoms with Crippen LogP contribution in [0.1, 0.15) is 11.5 Å². The highest BCUT2D eigenvalue weighted by Gasteiger charge is 2.32. The summed E-state index contributed by atoms with van der Waals surface area (Å²) in [7, 11) is -3.24. The second-order valence-corrected chi connectivity index (χ2v) is 5.64. The van der Waals surface area contributed by atoms with Gasteiger partial charge in [0.25, 0.3) is 0 Å². The first-order chi connectivity index (χ1) is 7.04. The molecule has 1 atom stereocenters. The molecule has 1 heterocycles. The molecule has 1 aromatic rings. The minimum atomic E-state index is -3.24. The molecule has 0 aromatic heterocycles. The lowest BCUT2D eigenvalue weighted by atomic mass is 10.0. The maximum Gasteiger partial charge on any atom is 0.232 e. The summed E-state index contributed by atoms with van der Waals surface area (Å²) in [4.78, 5) is 0. The molecule has 2 rings (SSSR count). The Kier molecular flexibility index (Phi) is 2.44. The van der Waals surface area contributed by atoms with Gasteiger partial charge in [-0.05, 0) is 11.6 Å². The number of fused-ring (bicyclic) bond motifs is 1. The van der Waals surface area contributed by atoms with Gasteiger partial charge in [-0.3, -0.25) is 4.31 Å². The van der Waals surface area contributed by atoms with E-state index in [1.54, 1.807) is 12.1 Å². The number of hydrogen-bond donors (Lipinski definition) is 1. The average Bonchev–Trinajstić information content (AvgIpc) is 2.55. The Morgan fingerprint density at radius 3 is 2.73 bits per heavy atom. The van der Waals surface area contributed by atoms with Crippen molar-refractivity contribution in [1.29, 1.82) is 0 Å². The number of aliphatic hydroxyl groups is 1. The van der Waals surface area contributed by atoms with Crippen molar-refractivity contribution in [3.05, 3.63) is 29.8 Å². The number of nitrogens with zero attached hydrogens (tertiary/aromatic N) is 1. The largest absolute Gasteiger partial charge is 0.396 e. The van der Waals surface area contributed by atoms with Crippen LogP contribution in [0.3, 0.4) is 0 Å². The van der Waals surface area contributed by atoms with E-state index in [0.717, 1.165) is 5.56 Å². The van der Waals surface area contributed by atoms with E-state index >= 15 is 0 Å². The van der Waals surface area contributed by atoms with Gasteiger partial charge in [0.2, 0.25) is 10.0 Å². The maximum absolute atomic E-state index is 11.5. The number of aliphatic hydroxyl groups excluding tert-OH is 1. The molecule has 0 fully saturated rings. The smallest absolute Gasteiger partial charge is 0.232 e. The molecule has 5 heteroatoms. The number of benzene rings is 1. The van der Waals surface area contributed by atoms with E-state index < -0.39 is 10.0 Å². The molecule has 0 spiro atoms. The van der Waals surface area contributed by atoms with Crippen molar-refractivity contribution >= 4 is 15.7 Å². The van der Waals surface area contributed by atoms with Crippen molar-refractivity contribution in [3.8, 4) is 0 Å². The van der Waals surface area contributed by atoms with Crippen LogP contribution in [0.5, 0.6) is 0 Å². The normalized spacial score (nSPS) is 20.4. The van der Waals surface area contributed by atoms with Crippen molar-refractivity contribution in [2.45, 2.75) is 5.92 Å². The van der Waals surface area contributed by atoms with Crippen LogP contribution in [0.2, 0.25) is 0 Å². The van der Waals surface area contributed by atoms with Crippen LogP contribution in [0, 0.1) is 0 Å². The van der Waals surface area contributed by atoms with Gasteiger partial charge in [0.15, 0.2) is 0 Å². The van der Waals surface area contributed by atoms with Crippen molar-refractivity contribution < 1.29 is 13.5 Å². The molecule has 1 N–H and O–H groups in total. The monoisotopic (exact) mass is 227 g/mol. The second kappa shape index (κ2) is 3.50. The lowest BCUT2D eigenvalue weighted by Crippen LogP contribution is -2.29. The van der Waals surface area contributed by atoms with E-state index in [4.69, 9.17) is 0 Å². The van der Waals surface area contributed by atoms with Gasteiger partial charge in [-0.2, -0.15) is 0 Å². The topological polar surface area (TPSA) is 57.6 Å². The van der Waals surface area contributed by atoms with E-state index in [0.29, 0.717) is 12.2 Å². The summed E-state index contributed by atoms with van der Waals surface area (Å²) in [5.41, 5.74) is 1.60. The molecule has 0 radical (unpaired) electrons. The Labute approximate surface area is 89.2 Å². The SMILES string of the molecule is CS(=O)(=O)N1C[C@H](CO)c2ccccc21. The number of anilines is 1. The first kappa shape index (κ1) is 10.4. The average molecular weight is 227 g/mol. The number of rotatable bonds is 2. The molecular weight excluding hydrogens is 214 g/mol. The summed E-state index contributed by atoms with van der Waals surface area (Å²) in [6.45, 7) is 0.317. The molecule has 0 bridgehead atoms. The molecule has 1 aliphatic rings. The highest BCUT2D eigenvalue weighted by Crippen LogP contribution is 2.36. The zero-order valence-corrected chi connectivity index (χ0v) is 9.24. The van der Waals surface area contributed by atoms with Crippen LogP contribution < -0.4 is 4.31 Å². The van der Waals surface area contributed by atoms with Crippen molar-refractivity contribution in [2.75, 3.05) is 23.7 Å². The minimum Gasteiger partial charge on any atom is -0.396 e. The second-order valence-electron chi connectivity index (χ2n) is 3.73. The molecule has 0 saturated heterocycles. The van der Waals surface area contributed by atoms with Gasteiger partial charge in [-0.15, -0.1) is 0 Å². The third-order valence-corrected chi connectivity index (χ3v) is 3.80. The summed E-state index contributed by atoms with van der Waals surface area (Å²) in [6, 6.07) is 7.29. The lowest BCUT2D eigenvalue weighted by Gasteiger charge is -2.16. The fraction of sp³-hybridized carbons (Fsp3) is 0.400. The van der Waals surface area contributed by atoms with Gasteiger partial charge in [-0.1, -0.05) is 18.2 Å². The van der Waals surface area contributed by atoms with Crippen LogP contribution in [-0.4, -0.2) is 32.9 Å². The molecule has 1 aliphatic heterocycles. The molecule has 0 unspecified atom stereocenters. The van der Waals surface area contributed by atoms with Crippen LogP contribution in [0.25, 0.3) is 0 Å². The summed E-state index contributed by atoms with van der Waals surface area (Å²) >= 11 is 0. The van der Waals surface area contributed by atoms with E-state index in [1.165, 1.54) is 10.6 Å². The molecular formula is C10H13NO3S. The Hall–Kier alpha value is -1.07. The highest BCUT2D eigenvalue weighted by molar-refractivity contribution is 7.92. The van der Waals surface area contributed by atoms with Gasteiger partial charge < -0.3 is 5.11 Å². The number of hydrogen-bond acceptors (Lipinski definition) is 3. The molecule has 0 amide bonds. The van der Waals surface area contributed by atoms with Gasteiger partial charge in [0.05, 0.1) is 18.6 Å². The lowest BCUT2D eigenvalue weighted by molar-refractivity contribution is 0.272. The highest BCUT2D eigenvalue weighted by atomic mass is 32.2. The summed E-state index contributed by atoms with van der Waals surface area (Å²) in [5.74, 6) is -0.101. The van der Waals surface area contributed by atoms with E-state index in [1.807, 2.05) is 12.1 Å². The Morgan fingerprint density at radius 2 is 2.13 bits per heavy atom. The van der Waals surface area contributed by atoms with Crippen molar-refractivity contribution in [3.63, 3.8) is 0 Å². The van der Waals surface area contributed by atoms with Gasteiger partial charge >= 0.3 is 0 Å². The minimum absolute atomic E-state index is 0.0248. The molecule has 1 aromatic carbocycles. The van der Waals surface area contributed by atoms with Crippen molar-refractivity contribution in [2.24, 2.45) is 0 Å². The fourth-order valence-electron chi connectivity index (χ4n) is 1.93. The zero-order valence-electron chi connectivity index (χ0n) is 8.42. The van der Waals surface area contributed by atoms with Crippen LogP contribution in [0.4, 0.5) is 5.69 Å². The number of para-hydroxylation sites is 1.